The fraction of sp³-hybridized carbons (Fsp3) is 0.725. The van der Waals surface area contributed by atoms with E-state index in [4.69, 9.17) is 0 Å². The molecule has 2 aromatic rings. The van der Waals surface area contributed by atoms with Crippen molar-refractivity contribution in [3.05, 3.63) is 68.8 Å². The van der Waals surface area contributed by atoms with Crippen LogP contribution in [0.15, 0.2) is 24.3 Å². The van der Waals surface area contributed by atoms with Crippen molar-refractivity contribution in [2.24, 2.45) is 22.7 Å². The molecule has 0 aliphatic heterocycles. The van der Waals surface area contributed by atoms with E-state index in [1.807, 2.05) is 13.8 Å². The molecule has 0 amide bonds. The van der Waals surface area contributed by atoms with Crippen LogP contribution in [0, 0.1) is 22.7 Å². The van der Waals surface area contributed by atoms with Gasteiger partial charge >= 0.3 is 0 Å². The number of carbonyl (C=O) groups excluding carboxylic acids is 2. The van der Waals surface area contributed by atoms with Gasteiger partial charge in [0.15, 0.2) is 0 Å². The number of hydrogen-bond donors (Lipinski definition) is 2. The summed E-state index contributed by atoms with van der Waals surface area (Å²) < 4.78 is 0. The van der Waals surface area contributed by atoms with E-state index >= 15 is 0 Å². The average Bonchev–Trinajstić information content (AvgIpc) is 3.14. The molecule has 0 aromatic heterocycles. The second kappa shape index (κ2) is 16.2. The number of carbonyl (C=O) groups is 2. The van der Waals surface area contributed by atoms with Crippen molar-refractivity contribution in [2.45, 2.75) is 200 Å². The van der Waals surface area contributed by atoms with Crippen molar-refractivity contribution in [3.8, 4) is 0 Å². The number of fused-ring (bicyclic) bond motifs is 6. The van der Waals surface area contributed by atoms with Crippen molar-refractivity contribution in [2.75, 3.05) is 14.1 Å². The molecular weight excluding hydrogens is 673 g/mol. The summed E-state index contributed by atoms with van der Waals surface area (Å²) in [5.41, 5.74) is 11.8. The monoisotopic (exact) mass is 751 g/mol. The Hall–Kier alpha value is -2.30. The van der Waals surface area contributed by atoms with Crippen LogP contribution in [0.2, 0.25) is 0 Å². The van der Waals surface area contributed by atoms with E-state index in [0.717, 1.165) is 69.9 Å². The van der Waals surface area contributed by atoms with Crippen LogP contribution < -0.4 is 10.6 Å². The number of rotatable bonds is 8. The van der Waals surface area contributed by atoms with E-state index in [1.165, 1.54) is 83.0 Å². The molecule has 6 atom stereocenters. The van der Waals surface area contributed by atoms with Gasteiger partial charge in [-0.15, -0.1) is 0 Å². The minimum atomic E-state index is -0.217. The predicted molar refractivity (Wildman–Crippen MR) is 232 cm³/mol. The zero-order valence-electron chi connectivity index (χ0n) is 37.2. The number of aryl methyl sites for hydroxylation is 2. The lowest BCUT2D eigenvalue weighted by Crippen LogP contribution is -2.52. The van der Waals surface area contributed by atoms with Crippen molar-refractivity contribution >= 4 is 11.6 Å². The highest BCUT2D eigenvalue weighted by atomic mass is 16.1. The second-order valence-electron chi connectivity index (χ2n) is 20.7. The predicted octanol–water partition coefficient (Wildman–Crippen LogP) is 11.5. The summed E-state index contributed by atoms with van der Waals surface area (Å²) in [5, 5.41) is 6.64. The quantitative estimate of drug-likeness (QED) is 0.282. The Kier molecular flexibility index (Phi) is 12.4. The minimum absolute atomic E-state index is 0.0488. The average molecular weight is 751 g/mol. The van der Waals surface area contributed by atoms with Crippen LogP contribution in [-0.4, -0.2) is 37.7 Å². The van der Waals surface area contributed by atoms with E-state index in [9.17, 15) is 9.59 Å². The van der Waals surface area contributed by atoms with Gasteiger partial charge in [-0.2, -0.15) is 0 Å². The number of nitrogens with one attached hydrogen (secondary N) is 2. The molecule has 0 bridgehead atoms. The molecule has 0 heterocycles. The topological polar surface area (TPSA) is 58.2 Å². The molecule has 5 aliphatic rings. The molecule has 0 saturated heterocycles. The van der Waals surface area contributed by atoms with Crippen LogP contribution in [0.5, 0.6) is 0 Å². The molecule has 2 N–H and O–H groups in total. The van der Waals surface area contributed by atoms with Gasteiger partial charge in [-0.05, 0) is 190 Å². The van der Waals surface area contributed by atoms with Gasteiger partial charge in [0.25, 0.3) is 0 Å². The van der Waals surface area contributed by atoms with Gasteiger partial charge in [-0.3, -0.25) is 9.59 Å². The largest absolute Gasteiger partial charge is 0.317 e. The van der Waals surface area contributed by atoms with Crippen molar-refractivity contribution in [1.82, 2.24) is 10.6 Å². The van der Waals surface area contributed by atoms with E-state index in [1.54, 1.807) is 0 Å². The third kappa shape index (κ3) is 7.59. The van der Waals surface area contributed by atoms with Gasteiger partial charge in [-0.25, -0.2) is 0 Å². The Labute approximate surface area is 336 Å². The number of hydrogen-bond acceptors (Lipinski definition) is 4. The highest BCUT2D eigenvalue weighted by Crippen LogP contribution is 2.59. The number of benzene rings is 2. The van der Waals surface area contributed by atoms with Gasteiger partial charge < -0.3 is 10.6 Å². The van der Waals surface area contributed by atoms with Crippen LogP contribution in [0.3, 0.4) is 0 Å². The van der Waals surface area contributed by atoms with E-state index in [0.29, 0.717) is 35.2 Å². The molecule has 6 unspecified atom stereocenters. The molecule has 304 valence electrons. The molecule has 0 spiro atoms. The van der Waals surface area contributed by atoms with Gasteiger partial charge in [0.05, 0.1) is 0 Å². The minimum Gasteiger partial charge on any atom is -0.317 e. The van der Waals surface area contributed by atoms with Gasteiger partial charge in [-0.1, -0.05) is 92.5 Å². The Bertz CT molecular complexity index is 1610. The van der Waals surface area contributed by atoms with Crippen LogP contribution in [-0.2, 0) is 39.7 Å². The maximum Gasteiger partial charge on any atom is 0.135 e. The fourth-order valence-electron chi connectivity index (χ4n) is 13.3. The number of ketones is 2. The van der Waals surface area contributed by atoms with E-state index < -0.39 is 0 Å². The maximum absolute atomic E-state index is 13.1. The number of Topliss-reactive ketones (excluding diaryl/α,β-unsaturated/α-hetero) is 2. The zero-order valence-corrected chi connectivity index (χ0v) is 37.2. The second-order valence-corrected chi connectivity index (χ2v) is 20.7. The lowest BCUT2D eigenvalue weighted by molar-refractivity contribution is -0.134. The molecule has 5 aliphatic carbocycles. The van der Waals surface area contributed by atoms with Gasteiger partial charge in [0.2, 0.25) is 0 Å². The highest BCUT2D eigenvalue weighted by molar-refractivity contribution is 5.83. The summed E-state index contributed by atoms with van der Waals surface area (Å²) in [6.45, 7) is 22.6. The lowest BCUT2D eigenvalue weighted by atomic mass is 9.48. The lowest BCUT2D eigenvalue weighted by Gasteiger charge is -2.55. The summed E-state index contributed by atoms with van der Waals surface area (Å²) in [7, 11) is 4.12. The summed E-state index contributed by atoms with van der Waals surface area (Å²) in [5.74, 6) is 2.51. The third-order valence-corrected chi connectivity index (χ3v) is 17.0. The molecular formula is C51H78N2O2. The fourth-order valence-corrected chi connectivity index (χ4v) is 13.3. The molecule has 3 saturated carbocycles. The van der Waals surface area contributed by atoms with Crippen LogP contribution in [0.1, 0.15) is 203 Å². The first-order valence-electron chi connectivity index (χ1n) is 22.6. The van der Waals surface area contributed by atoms with Crippen LogP contribution in [0.25, 0.3) is 0 Å². The zero-order chi connectivity index (χ0) is 40.1. The maximum atomic E-state index is 13.1. The summed E-state index contributed by atoms with van der Waals surface area (Å²) in [4.78, 5) is 26.2. The highest BCUT2D eigenvalue weighted by Gasteiger charge is 2.55. The van der Waals surface area contributed by atoms with Gasteiger partial charge in [0.1, 0.15) is 11.6 Å². The van der Waals surface area contributed by atoms with Gasteiger partial charge in [0, 0.05) is 22.9 Å². The summed E-state index contributed by atoms with van der Waals surface area (Å²) >= 11 is 0. The van der Waals surface area contributed by atoms with Crippen molar-refractivity contribution in [3.63, 3.8) is 0 Å². The van der Waals surface area contributed by atoms with Crippen LogP contribution in [0.4, 0.5) is 0 Å². The third-order valence-electron chi connectivity index (χ3n) is 17.0. The van der Waals surface area contributed by atoms with Crippen LogP contribution >= 0.6 is 0 Å². The van der Waals surface area contributed by atoms with Crippen molar-refractivity contribution in [1.29, 1.82) is 0 Å². The first-order valence-corrected chi connectivity index (χ1v) is 22.6. The SMILES string of the molecule is CC(=O)C1(C)CCCC2(C)c3cc(Cc4cc5c(cc4C(C)C)CCC4C(C)(C(C)=O)CCCC54C)c(C(C)C)cc3CCC12.CNC1CCC(NC)CC1. The molecule has 4 heteroatoms. The Morgan fingerprint density at radius 2 is 0.964 bits per heavy atom. The molecule has 0 radical (unpaired) electrons. The molecule has 3 fully saturated rings. The Morgan fingerprint density at radius 3 is 1.27 bits per heavy atom. The van der Waals surface area contributed by atoms with E-state index in [-0.39, 0.29) is 21.7 Å². The molecule has 4 nitrogen and oxygen atoms in total. The standard InChI is InChI=1S/C43H60O2.C8H18N2/c1-26(2)34-22-30-13-15-38-40(7,28(5)44)17-11-19-42(38,9)36(30)24-32(34)21-33-25-37-31(23-35(33)27(3)4)14-16-39-41(8,29(6)45)18-12-20-43(37,39)10;1-9-7-3-5-8(10-2)6-4-7/h22-27,38-39H,11-21H2,1-10H3;7-10H,3-6H2,1-2H3. The molecule has 55 heavy (non-hydrogen) atoms. The summed E-state index contributed by atoms with van der Waals surface area (Å²) in [6.07, 6.45) is 17.4. The molecule has 7 rings (SSSR count). The Balaban J connectivity index is 0.000000448. The smallest absolute Gasteiger partial charge is 0.135 e. The molecule has 2 aromatic carbocycles. The summed E-state index contributed by atoms with van der Waals surface area (Å²) in [6, 6.07) is 11.9. The van der Waals surface area contributed by atoms with E-state index in [2.05, 4.69) is 104 Å². The Morgan fingerprint density at radius 1 is 0.600 bits per heavy atom. The first kappa shape index (κ1) is 42.3. The normalized spacial score (nSPS) is 34.1. The first-order chi connectivity index (χ1) is 25.9. The van der Waals surface area contributed by atoms with Crippen molar-refractivity contribution < 1.29 is 9.59 Å².